The molecule has 1 aromatic carbocycles. The molecular formula is C12H19NO2. The first-order valence-corrected chi connectivity index (χ1v) is 5.13. The molecule has 0 amide bonds. The van der Waals surface area contributed by atoms with E-state index in [0.717, 1.165) is 12.2 Å². The highest BCUT2D eigenvalue weighted by atomic mass is 16.5. The van der Waals surface area contributed by atoms with E-state index in [-0.39, 0.29) is 0 Å². The molecule has 15 heavy (non-hydrogen) atoms. The summed E-state index contributed by atoms with van der Waals surface area (Å²) in [6.07, 6.45) is 1.50. The lowest BCUT2D eigenvalue weighted by molar-refractivity contribution is 0.0603. The van der Waals surface area contributed by atoms with Gasteiger partial charge in [0.15, 0.2) is 0 Å². The maximum Gasteiger partial charge on any atom is 0.118 e. The predicted octanol–water partition coefficient (Wildman–Crippen LogP) is 1.34. The van der Waals surface area contributed by atoms with Crippen LogP contribution < -0.4 is 10.5 Å². The Hall–Kier alpha value is -1.06. The molecule has 1 rings (SSSR count). The average molecular weight is 209 g/mol. The van der Waals surface area contributed by atoms with E-state index >= 15 is 0 Å². The number of hydrogen-bond acceptors (Lipinski definition) is 3. The van der Waals surface area contributed by atoms with Crippen LogP contribution in [0.1, 0.15) is 18.9 Å². The molecule has 3 nitrogen and oxygen atoms in total. The van der Waals surface area contributed by atoms with Gasteiger partial charge in [-0.25, -0.2) is 0 Å². The van der Waals surface area contributed by atoms with E-state index in [9.17, 15) is 5.11 Å². The van der Waals surface area contributed by atoms with Gasteiger partial charge in [-0.05, 0) is 37.5 Å². The normalized spacial score (nSPS) is 14.7. The molecule has 0 bridgehead atoms. The van der Waals surface area contributed by atoms with Crippen molar-refractivity contribution in [2.75, 3.05) is 13.7 Å². The Morgan fingerprint density at radius 2 is 1.93 bits per heavy atom. The van der Waals surface area contributed by atoms with Crippen LogP contribution in [0.4, 0.5) is 0 Å². The number of ether oxygens (including phenoxy) is 1. The summed E-state index contributed by atoms with van der Waals surface area (Å²) < 4.78 is 5.07. The highest BCUT2D eigenvalue weighted by molar-refractivity contribution is 5.27. The zero-order valence-electron chi connectivity index (χ0n) is 9.36. The average Bonchev–Trinajstić information content (AvgIpc) is 2.27. The molecule has 0 heterocycles. The summed E-state index contributed by atoms with van der Waals surface area (Å²) in [5.74, 6) is 0.851. The summed E-state index contributed by atoms with van der Waals surface area (Å²) in [4.78, 5) is 0. The van der Waals surface area contributed by atoms with Crippen LogP contribution in [0.15, 0.2) is 24.3 Å². The van der Waals surface area contributed by atoms with Gasteiger partial charge >= 0.3 is 0 Å². The van der Waals surface area contributed by atoms with Gasteiger partial charge in [0.1, 0.15) is 5.75 Å². The molecule has 1 aromatic rings. The highest BCUT2D eigenvalue weighted by Crippen LogP contribution is 2.16. The minimum Gasteiger partial charge on any atom is -0.497 e. The zero-order chi connectivity index (χ0) is 11.3. The number of hydrogen-bond donors (Lipinski definition) is 2. The van der Waals surface area contributed by atoms with E-state index in [0.29, 0.717) is 13.0 Å². The Kier molecular flexibility index (Phi) is 4.12. The van der Waals surface area contributed by atoms with Crippen LogP contribution in [-0.2, 0) is 6.42 Å². The summed E-state index contributed by atoms with van der Waals surface area (Å²) in [5.41, 5.74) is 5.87. The van der Waals surface area contributed by atoms with Crippen LogP contribution in [0.5, 0.6) is 5.75 Å². The summed E-state index contributed by atoms with van der Waals surface area (Å²) >= 11 is 0. The number of nitrogens with two attached hydrogens (primary N) is 1. The van der Waals surface area contributed by atoms with Gasteiger partial charge in [-0.1, -0.05) is 12.1 Å². The Morgan fingerprint density at radius 1 is 1.33 bits per heavy atom. The Bertz CT molecular complexity index is 293. The number of methoxy groups -OCH3 is 1. The number of aliphatic hydroxyl groups is 1. The van der Waals surface area contributed by atoms with E-state index in [4.69, 9.17) is 10.5 Å². The molecule has 1 atom stereocenters. The minimum absolute atomic E-state index is 0.295. The van der Waals surface area contributed by atoms with Crippen molar-refractivity contribution in [2.45, 2.75) is 25.4 Å². The van der Waals surface area contributed by atoms with Gasteiger partial charge in [0, 0.05) is 6.54 Å². The molecule has 0 radical (unpaired) electrons. The van der Waals surface area contributed by atoms with Gasteiger partial charge < -0.3 is 15.6 Å². The van der Waals surface area contributed by atoms with Crippen molar-refractivity contribution < 1.29 is 9.84 Å². The van der Waals surface area contributed by atoms with Crippen LogP contribution in [0.3, 0.4) is 0 Å². The highest BCUT2D eigenvalue weighted by Gasteiger charge is 2.17. The summed E-state index contributed by atoms with van der Waals surface area (Å²) in [7, 11) is 1.65. The fraction of sp³-hybridized carbons (Fsp3) is 0.500. The zero-order valence-corrected chi connectivity index (χ0v) is 9.36. The maximum atomic E-state index is 9.74. The van der Waals surface area contributed by atoms with Crippen LogP contribution in [0.25, 0.3) is 0 Å². The summed E-state index contributed by atoms with van der Waals surface area (Å²) in [6, 6.07) is 7.86. The predicted molar refractivity (Wildman–Crippen MR) is 61.0 cm³/mol. The molecule has 0 aliphatic heterocycles. The topological polar surface area (TPSA) is 55.5 Å². The van der Waals surface area contributed by atoms with Gasteiger partial charge in [0.25, 0.3) is 0 Å². The van der Waals surface area contributed by atoms with Gasteiger partial charge in [0.2, 0.25) is 0 Å². The number of aryl methyl sites for hydroxylation is 1. The lowest BCUT2D eigenvalue weighted by Gasteiger charge is -2.20. The van der Waals surface area contributed by atoms with Crippen LogP contribution in [0, 0.1) is 0 Å². The van der Waals surface area contributed by atoms with Gasteiger partial charge in [-0.15, -0.1) is 0 Å². The molecule has 0 spiro atoms. The molecule has 3 N–H and O–H groups in total. The third kappa shape index (κ3) is 3.90. The van der Waals surface area contributed by atoms with E-state index in [1.54, 1.807) is 14.0 Å². The van der Waals surface area contributed by atoms with Gasteiger partial charge in [-0.3, -0.25) is 0 Å². The molecule has 0 saturated heterocycles. The molecule has 1 unspecified atom stereocenters. The second kappa shape index (κ2) is 5.14. The van der Waals surface area contributed by atoms with Crippen molar-refractivity contribution in [3.8, 4) is 5.75 Å². The SMILES string of the molecule is COc1ccc(CCC(C)(O)CN)cc1. The largest absolute Gasteiger partial charge is 0.497 e. The molecule has 0 aliphatic rings. The van der Waals surface area contributed by atoms with E-state index in [1.165, 1.54) is 5.56 Å². The van der Waals surface area contributed by atoms with E-state index in [2.05, 4.69) is 0 Å². The fourth-order valence-corrected chi connectivity index (χ4v) is 1.31. The fourth-order valence-electron chi connectivity index (χ4n) is 1.31. The van der Waals surface area contributed by atoms with Crippen molar-refractivity contribution in [3.63, 3.8) is 0 Å². The smallest absolute Gasteiger partial charge is 0.118 e. The first kappa shape index (κ1) is 12.0. The van der Waals surface area contributed by atoms with Crippen molar-refractivity contribution >= 4 is 0 Å². The van der Waals surface area contributed by atoms with Crippen LogP contribution in [0.2, 0.25) is 0 Å². The lowest BCUT2D eigenvalue weighted by Crippen LogP contribution is -2.34. The summed E-state index contributed by atoms with van der Waals surface area (Å²) in [5, 5.41) is 9.74. The second-order valence-electron chi connectivity index (χ2n) is 4.05. The third-order valence-corrected chi connectivity index (χ3v) is 2.55. The number of benzene rings is 1. The Labute approximate surface area is 90.9 Å². The molecule has 84 valence electrons. The Balaban J connectivity index is 2.51. The van der Waals surface area contributed by atoms with Crippen LogP contribution >= 0.6 is 0 Å². The van der Waals surface area contributed by atoms with Crippen molar-refractivity contribution in [1.82, 2.24) is 0 Å². The first-order chi connectivity index (χ1) is 7.07. The quantitative estimate of drug-likeness (QED) is 0.769. The molecule has 0 aliphatic carbocycles. The standard InChI is InChI=1S/C12H19NO2/c1-12(14,9-13)8-7-10-3-5-11(15-2)6-4-10/h3-6,14H,7-9,13H2,1-2H3. The monoisotopic (exact) mass is 209 g/mol. The summed E-state index contributed by atoms with van der Waals surface area (Å²) in [6.45, 7) is 2.06. The maximum absolute atomic E-state index is 9.74. The van der Waals surface area contributed by atoms with Crippen molar-refractivity contribution in [1.29, 1.82) is 0 Å². The van der Waals surface area contributed by atoms with Crippen molar-refractivity contribution in [2.24, 2.45) is 5.73 Å². The first-order valence-electron chi connectivity index (χ1n) is 5.13. The van der Waals surface area contributed by atoms with Gasteiger partial charge in [0.05, 0.1) is 12.7 Å². The molecule has 0 fully saturated rings. The molecular weight excluding hydrogens is 190 g/mol. The minimum atomic E-state index is -0.764. The van der Waals surface area contributed by atoms with Crippen molar-refractivity contribution in [3.05, 3.63) is 29.8 Å². The third-order valence-electron chi connectivity index (χ3n) is 2.55. The Morgan fingerprint density at radius 3 is 2.40 bits per heavy atom. The molecule has 0 aromatic heterocycles. The van der Waals surface area contributed by atoms with E-state index in [1.807, 2.05) is 24.3 Å². The van der Waals surface area contributed by atoms with Crippen LogP contribution in [-0.4, -0.2) is 24.4 Å². The second-order valence-corrected chi connectivity index (χ2v) is 4.05. The lowest BCUT2D eigenvalue weighted by atomic mass is 9.97. The van der Waals surface area contributed by atoms with E-state index < -0.39 is 5.60 Å². The molecule has 0 saturated carbocycles. The number of rotatable bonds is 5. The molecule has 3 heteroatoms. The van der Waals surface area contributed by atoms with Gasteiger partial charge in [-0.2, -0.15) is 0 Å².